The molecule has 1 aromatic carbocycles. The second kappa shape index (κ2) is 8.88. The molecule has 0 aliphatic carbocycles. The molecule has 122 valence electrons. The molecule has 1 aromatic rings. The summed E-state index contributed by atoms with van der Waals surface area (Å²) in [6, 6.07) is 6.71. The molecule has 0 aliphatic heterocycles. The van der Waals surface area contributed by atoms with E-state index in [0.717, 1.165) is 18.7 Å². The van der Waals surface area contributed by atoms with E-state index in [1.807, 2.05) is 19.1 Å². The van der Waals surface area contributed by atoms with E-state index in [-0.39, 0.29) is 11.8 Å². The molecule has 1 rings (SSSR count). The van der Waals surface area contributed by atoms with Crippen molar-refractivity contribution >= 4 is 9.84 Å². The van der Waals surface area contributed by atoms with Gasteiger partial charge in [0, 0.05) is 25.7 Å². The first-order valence-corrected chi connectivity index (χ1v) is 9.12. The van der Waals surface area contributed by atoms with Crippen LogP contribution in [0.1, 0.15) is 24.9 Å². The van der Waals surface area contributed by atoms with Crippen molar-refractivity contribution in [3.63, 3.8) is 0 Å². The Labute approximate surface area is 134 Å². The molecule has 1 unspecified atom stereocenters. The van der Waals surface area contributed by atoms with Gasteiger partial charge in [-0.15, -0.1) is 13.2 Å². The van der Waals surface area contributed by atoms with E-state index in [4.69, 9.17) is 5.73 Å². The van der Waals surface area contributed by atoms with Gasteiger partial charge in [0.05, 0.1) is 10.6 Å². The number of nitrogens with zero attached hydrogens (tertiary/aromatic N) is 1. The van der Waals surface area contributed by atoms with Gasteiger partial charge in [0.1, 0.15) is 0 Å². The third kappa shape index (κ3) is 5.40. The van der Waals surface area contributed by atoms with Crippen LogP contribution in [0.2, 0.25) is 0 Å². The maximum absolute atomic E-state index is 12.0. The first kappa shape index (κ1) is 18.6. The Morgan fingerprint density at radius 3 is 2.18 bits per heavy atom. The highest BCUT2D eigenvalue weighted by Crippen LogP contribution is 2.17. The molecule has 0 aromatic heterocycles. The van der Waals surface area contributed by atoms with Gasteiger partial charge in [0.25, 0.3) is 0 Å². The highest BCUT2D eigenvalue weighted by molar-refractivity contribution is 7.91. The molecule has 0 fully saturated rings. The van der Waals surface area contributed by atoms with Crippen molar-refractivity contribution in [2.45, 2.75) is 24.3 Å². The van der Waals surface area contributed by atoms with Crippen LogP contribution in [0.15, 0.2) is 54.5 Å². The van der Waals surface area contributed by atoms with E-state index < -0.39 is 9.84 Å². The van der Waals surface area contributed by atoms with Gasteiger partial charge in [-0.1, -0.05) is 31.2 Å². The van der Waals surface area contributed by atoms with Gasteiger partial charge >= 0.3 is 0 Å². The molecule has 0 saturated carbocycles. The maximum Gasteiger partial charge on any atom is 0.178 e. The van der Waals surface area contributed by atoms with Crippen LogP contribution in [0.5, 0.6) is 0 Å². The van der Waals surface area contributed by atoms with Crippen LogP contribution in [-0.4, -0.2) is 38.7 Å². The fourth-order valence-electron chi connectivity index (χ4n) is 2.28. The Kier molecular flexibility index (Phi) is 7.51. The van der Waals surface area contributed by atoms with Crippen LogP contribution in [0, 0.1) is 0 Å². The molecule has 0 radical (unpaired) electrons. The molecular weight excluding hydrogens is 296 g/mol. The van der Waals surface area contributed by atoms with E-state index in [9.17, 15) is 8.42 Å². The summed E-state index contributed by atoms with van der Waals surface area (Å²) in [4.78, 5) is 2.49. The van der Waals surface area contributed by atoms with Crippen LogP contribution in [-0.2, 0) is 9.84 Å². The summed E-state index contributed by atoms with van der Waals surface area (Å²) in [5.41, 5.74) is 7.14. The van der Waals surface area contributed by atoms with E-state index in [1.54, 1.807) is 24.3 Å². The van der Waals surface area contributed by atoms with Crippen LogP contribution >= 0.6 is 0 Å². The third-order valence-corrected chi connectivity index (χ3v) is 5.31. The highest BCUT2D eigenvalue weighted by atomic mass is 32.2. The minimum Gasteiger partial charge on any atom is -0.323 e. The lowest BCUT2D eigenvalue weighted by molar-refractivity contribution is 0.313. The maximum atomic E-state index is 12.0. The molecule has 1 atom stereocenters. The summed E-state index contributed by atoms with van der Waals surface area (Å²) in [6.07, 6.45) is 4.27. The Balaban J connectivity index is 2.81. The molecule has 0 spiro atoms. The lowest BCUT2D eigenvalue weighted by Crippen LogP contribution is -2.32. The fourth-order valence-corrected chi connectivity index (χ4v) is 3.61. The molecular formula is C17H26N2O2S. The summed E-state index contributed by atoms with van der Waals surface area (Å²) in [7, 11) is -3.17. The minimum absolute atomic E-state index is 0.171. The highest BCUT2D eigenvalue weighted by Gasteiger charge is 2.15. The first-order valence-electron chi connectivity index (χ1n) is 7.47. The first-order chi connectivity index (χ1) is 10.4. The third-order valence-electron chi connectivity index (χ3n) is 3.37. The standard InChI is InChI=1S/C17H26N2O2S/c1-4-11-19(12-5-2)14-17(18)15-7-9-16(10-8-15)22(20,21)13-6-3/h4-5,7-10,17H,1-2,6,11-14,18H2,3H3. The van der Waals surface area contributed by atoms with Crippen LogP contribution in [0.3, 0.4) is 0 Å². The lowest BCUT2D eigenvalue weighted by Gasteiger charge is -2.23. The van der Waals surface area contributed by atoms with Crippen molar-refractivity contribution in [2.24, 2.45) is 5.73 Å². The van der Waals surface area contributed by atoms with Gasteiger partial charge < -0.3 is 5.73 Å². The van der Waals surface area contributed by atoms with Gasteiger partial charge in [0.2, 0.25) is 0 Å². The predicted molar refractivity (Wildman–Crippen MR) is 92.5 cm³/mol. The zero-order valence-corrected chi connectivity index (χ0v) is 14.1. The van der Waals surface area contributed by atoms with Gasteiger partial charge in [-0.2, -0.15) is 0 Å². The number of hydrogen-bond donors (Lipinski definition) is 1. The van der Waals surface area contributed by atoms with E-state index in [2.05, 4.69) is 18.1 Å². The van der Waals surface area contributed by atoms with E-state index in [1.165, 1.54) is 0 Å². The number of sulfone groups is 1. The van der Waals surface area contributed by atoms with Crippen molar-refractivity contribution in [1.82, 2.24) is 4.90 Å². The second-order valence-corrected chi connectivity index (χ2v) is 7.40. The molecule has 5 heteroatoms. The molecule has 2 N–H and O–H groups in total. The predicted octanol–water partition coefficient (Wildman–Crippen LogP) is 2.54. The largest absolute Gasteiger partial charge is 0.323 e. The SMILES string of the molecule is C=CCN(CC=C)CC(N)c1ccc(S(=O)(=O)CCC)cc1. The Morgan fingerprint density at radius 1 is 1.18 bits per heavy atom. The topological polar surface area (TPSA) is 63.4 Å². The molecule has 0 heterocycles. The molecule has 0 aliphatic rings. The zero-order chi connectivity index (χ0) is 16.6. The van der Waals surface area contributed by atoms with Crippen molar-refractivity contribution < 1.29 is 8.42 Å². The fraction of sp³-hybridized carbons (Fsp3) is 0.412. The average molecular weight is 322 g/mol. The molecule has 0 saturated heterocycles. The molecule has 0 amide bonds. The van der Waals surface area contributed by atoms with Crippen molar-refractivity contribution in [1.29, 1.82) is 0 Å². The summed E-state index contributed by atoms with van der Waals surface area (Å²) >= 11 is 0. The van der Waals surface area contributed by atoms with E-state index in [0.29, 0.717) is 17.9 Å². The number of hydrogen-bond acceptors (Lipinski definition) is 4. The molecule has 22 heavy (non-hydrogen) atoms. The van der Waals surface area contributed by atoms with Crippen LogP contribution < -0.4 is 5.73 Å². The monoisotopic (exact) mass is 322 g/mol. The van der Waals surface area contributed by atoms with Crippen LogP contribution in [0.4, 0.5) is 0 Å². The lowest BCUT2D eigenvalue weighted by atomic mass is 10.1. The number of nitrogens with two attached hydrogens (primary N) is 1. The summed E-state index contributed by atoms with van der Waals surface area (Å²) in [5.74, 6) is 0.171. The average Bonchev–Trinajstić information content (AvgIpc) is 2.48. The molecule has 0 bridgehead atoms. The second-order valence-electron chi connectivity index (χ2n) is 5.29. The van der Waals surface area contributed by atoms with Gasteiger partial charge in [-0.25, -0.2) is 8.42 Å². The smallest absolute Gasteiger partial charge is 0.178 e. The van der Waals surface area contributed by atoms with Crippen molar-refractivity contribution in [3.8, 4) is 0 Å². The normalized spacial score (nSPS) is 13.0. The molecule has 4 nitrogen and oxygen atoms in total. The summed E-state index contributed by atoms with van der Waals surface area (Å²) < 4.78 is 24.0. The van der Waals surface area contributed by atoms with Gasteiger partial charge in [0.15, 0.2) is 9.84 Å². The van der Waals surface area contributed by atoms with Gasteiger partial charge in [-0.3, -0.25) is 4.90 Å². The van der Waals surface area contributed by atoms with Crippen molar-refractivity contribution in [2.75, 3.05) is 25.4 Å². The number of benzene rings is 1. The quantitative estimate of drug-likeness (QED) is 0.672. The van der Waals surface area contributed by atoms with Crippen molar-refractivity contribution in [3.05, 3.63) is 55.1 Å². The minimum atomic E-state index is -3.17. The summed E-state index contributed by atoms with van der Waals surface area (Å²) in [6.45, 7) is 11.5. The van der Waals surface area contributed by atoms with E-state index >= 15 is 0 Å². The Morgan fingerprint density at radius 2 is 1.73 bits per heavy atom. The number of rotatable bonds is 10. The Hall–Kier alpha value is -1.43. The van der Waals surface area contributed by atoms with Gasteiger partial charge in [-0.05, 0) is 24.1 Å². The zero-order valence-electron chi connectivity index (χ0n) is 13.2. The summed E-state index contributed by atoms with van der Waals surface area (Å²) in [5, 5.41) is 0. The van der Waals surface area contributed by atoms with Crippen LogP contribution in [0.25, 0.3) is 0 Å². The Bertz CT molecular complexity index is 569.